The molecule has 16 heavy (non-hydrogen) atoms. The van der Waals surface area contributed by atoms with Crippen LogP contribution in [-0.2, 0) is 0 Å². The molecule has 1 rings (SSSR count). The molecule has 1 unspecified atom stereocenters. The Morgan fingerprint density at radius 1 is 1.25 bits per heavy atom. The third kappa shape index (κ3) is 3.00. The van der Waals surface area contributed by atoms with Crippen molar-refractivity contribution in [3.8, 4) is 12.1 Å². The van der Waals surface area contributed by atoms with Crippen LogP contribution in [0.5, 0.6) is 0 Å². The maximum atomic E-state index is 9.08. The SMILES string of the molecule is CCC(C#N)N(CCC#N)c1ccccc1. The lowest BCUT2D eigenvalue weighted by Gasteiger charge is -2.27. The zero-order valence-corrected chi connectivity index (χ0v) is 9.43. The first kappa shape index (κ1) is 12.1. The Bertz CT molecular complexity index is 386. The highest BCUT2D eigenvalue weighted by atomic mass is 15.2. The molecule has 0 saturated carbocycles. The molecule has 0 N–H and O–H groups in total. The van der Waals surface area contributed by atoms with E-state index in [0.29, 0.717) is 13.0 Å². The average Bonchev–Trinajstić information content (AvgIpc) is 2.35. The van der Waals surface area contributed by atoms with Crippen molar-refractivity contribution in [3.63, 3.8) is 0 Å². The van der Waals surface area contributed by atoms with Crippen LogP contribution in [0.3, 0.4) is 0 Å². The summed E-state index contributed by atoms with van der Waals surface area (Å²) >= 11 is 0. The van der Waals surface area contributed by atoms with Gasteiger partial charge in [0.25, 0.3) is 0 Å². The Morgan fingerprint density at radius 3 is 2.44 bits per heavy atom. The fourth-order valence-electron chi connectivity index (χ4n) is 1.64. The molecule has 0 amide bonds. The van der Waals surface area contributed by atoms with Gasteiger partial charge in [0.2, 0.25) is 0 Å². The van der Waals surface area contributed by atoms with Crippen LogP contribution in [0.2, 0.25) is 0 Å². The van der Waals surface area contributed by atoms with Crippen molar-refractivity contribution in [3.05, 3.63) is 30.3 Å². The molecule has 1 aromatic carbocycles. The lowest BCUT2D eigenvalue weighted by molar-refractivity contribution is 0.677. The lowest BCUT2D eigenvalue weighted by Crippen LogP contribution is -2.34. The van der Waals surface area contributed by atoms with E-state index in [1.165, 1.54) is 0 Å². The molecule has 0 aromatic heterocycles. The maximum Gasteiger partial charge on any atom is 0.116 e. The van der Waals surface area contributed by atoms with Gasteiger partial charge < -0.3 is 4.90 Å². The van der Waals surface area contributed by atoms with Crippen molar-refractivity contribution in [2.75, 3.05) is 11.4 Å². The molecule has 1 aromatic rings. The highest BCUT2D eigenvalue weighted by Gasteiger charge is 2.15. The maximum absolute atomic E-state index is 9.08. The molecule has 3 nitrogen and oxygen atoms in total. The first-order chi connectivity index (χ1) is 7.83. The molecule has 1 atom stereocenters. The first-order valence-electron chi connectivity index (χ1n) is 5.41. The summed E-state index contributed by atoms with van der Waals surface area (Å²) in [4.78, 5) is 1.99. The van der Waals surface area contributed by atoms with Crippen molar-refractivity contribution < 1.29 is 0 Å². The molecule has 82 valence electrons. The number of para-hydroxylation sites is 1. The zero-order chi connectivity index (χ0) is 11.8. The van der Waals surface area contributed by atoms with Gasteiger partial charge in [-0.05, 0) is 18.6 Å². The Morgan fingerprint density at radius 2 is 1.94 bits per heavy atom. The molecule has 0 fully saturated rings. The van der Waals surface area contributed by atoms with E-state index in [9.17, 15) is 0 Å². The van der Waals surface area contributed by atoms with Crippen LogP contribution in [0.4, 0.5) is 5.69 Å². The van der Waals surface area contributed by atoms with Gasteiger partial charge in [-0.3, -0.25) is 0 Å². The van der Waals surface area contributed by atoms with Gasteiger partial charge in [0.05, 0.1) is 18.6 Å². The minimum atomic E-state index is -0.157. The molecule has 0 bridgehead atoms. The smallest absolute Gasteiger partial charge is 0.116 e. The molecule has 0 heterocycles. The molecule has 3 heteroatoms. The van der Waals surface area contributed by atoms with Crippen LogP contribution in [0.25, 0.3) is 0 Å². The van der Waals surface area contributed by atoms with Gasteiger partial charge in [-0.25, -0.2) is 0 Å². The normalized spacial score (nSPS) is 11.2. The topological polar surface area (TPSA) is 50.8 Å². The summed E-state index contributed by atoms with van der Waals surface area (Å²) in [7, 11) is 0. The highest BCUT2D eigenvalue weighted by molar-refractivity contribution is 5.48. The van der Waals surface area contributed by atoms with Gasteiger partial charge in [0, 0.05) is 12.2 Å². The Kier molecular flexibility index (Phi) is 4.89. The molecule has 0 aliphatic heterocycles. The predicted octanol–water partition coefficient (Wildman–Crippen LogP) is 2.71. The Hall–Kier alpha value is -2.00. The second-order valence-electron chi connectivity index (χ2n) is 3.49. The summed E-state index contributed by atoms with van der Waals surface area (Å²) in [5.41, 5.74) is 1.01. The molecule has 0 saturated heterocycles. The van der Waals surface area contributed by atoms with E-state index < -0.39 is 0 Å². The summed E-state index contributed by atoms with van der Waals surface area (Å²) < 4.78 is 0. The van der Waals surface area contributed by atoms with Crippen molar-refractivity contribution in [2.45, 2.75) is 25.8 Å². The number of hydrogen-bond donors (Lipinski definition) is 0. The van der Waals surface area contributed by atoms with Crippen molar-refractivity contribution >= 4 is 5.69 Å². The summed E-state index contributed by atoms with van der Waals surface area (Å²) in [5.74, 6) is 0. The van der Waals surface area contributed by atoms with Crippen molar-refractivity contribution in [1.82, 2.24) is 0 Å². The van der Waals surface area contributed by atoms with Gasteiger partial charge in [0.15, 0.2) is 0 Å². The number of hydrogen-bond acceptors (Lipinski definition) is 3. The third-order valence-corrected chi connectivity index (χ3v) is 2.46. The summed E-state index contributed by atoms with van der Waals surface area (Å²) in [5, 5.41) is 17.7. The molecule has 0 aliphatic rings. The van der Waals surface area contributed by atoms with Gasteiger partial charge >= 0.3 is 0 Å². The van der Waals surface area contributed by atoms with E-state index in [-0.39, 0.29) is 6.04 Å². The van der Waals surface area contributed by atoms with Crippen molar-refractivity contribution in [1.29, 1.82) is 10.5 Å². The monoisotopic (exact) mass is 213 g/mol. The minimum absolute atomic E-state index is 0.157. The first-order valence-corrected chi connectivity index (χ1v) is 5.41. The van der Waals surface area contributed by atoms with E-state index in [2.05, 4.69) is 12.1 Å². The fourth-order valence-corrected chi connectivity index (χ4v) is 1.64. The summed E-state index contributed by atoms with van der Waals surface area (Å²) in [6.07, 6.45) is 1.20. The number of rotatable bonds is 5. The average molecular weight is 213 g/mol. The Labute approximate surface area is 96.5 Å². The number of nitriles is 2. The molecular formula is C13H15N3. The van der Waals surface area contributed by atoms with E-state index in [1.54, 1.807) is 0 Å². The lowest BCUT2D eigenvalue weighted by atomic mass is 10.1. The van der Waals surface area contributed by atoms with Crippen LogP contribution >= 0.6 is 0 Å². The molecular weight excluding hydrogens is 198 g/mol. The highest BCUT2D eigenvalue weighted by Crippen LogP contribution is 2.18. The van der Waals surface area contributed by atoms with E-state index in [1.807, 2.05) is 42.2 Å². The predicted molar refractivity (Wildman–Crippen MR) is 63.7 cm³/mol. The molecule has 0 radical (unpaired) electrons. The standard InChI is InChI=1S/C13H15N3/c1-2-12(11-15)16(10-6-9-14)13-7-4-3-5-8-13/h3-5,7-8,12H,2,6,10H2,1H3. The second kappa shape index (κ2) is 6.48. The number of nitrogens with zero attached hydrogens (tertiary/aromatic N) is 3. The third-order valence-electron chi connectivity index (χ3n) is 2.46. The van der Waals surface area contributed by atoms with Crippen LogP contribution in [0, 0.1) is 22.7 Å². The fraction of sp³-hybridized carbons (Fsp3) is 0.385. The van der Waals surface area contributed by atoms with Gasteiger partial charge in [-0.2, -0.15) is 10.5 Å². The summed E-state index contributed by atoms with van der Waals surface area (Å²) in [6.45, 7) is 2.59. The van der Waals surface area contributed by atoms with Crippen molar-refractivity contribution in [2.24, 2.45) is 0 Å². The number of benzene rings is 1. The van der Waals surface area contributed by atoms with Crippen LogP contribution in [0.1, 0.15) is 19.8 Å². The quantitative estimate of drug-likeness (QED) is 0.755. The number of anilines is 1. The van der Waals surface area contributed by atoms with Gasteiger partial charge in [-0.1, -0.05) is 25.1 Å². The Balaban J connectivity index is 2.88. The van der Waals surface area contributed by atoms with Crippen LogP contribution in [-0.4, -0.2) is 12.6 Å². The van der Waals surface area contributed by atoms with Crippen LogP contribution < -0.4 is 4.90 Å². The zero-order valence-electron chi connectivity index (χ0n) is 9.43. The summed E-state index contributed by atoms with van der Waals surface area (Å²) in [6, 6.07) is 14.0. The van der Waals surface area contributed by atoms with E-state index >= 15 is 0 Å². The van der Waals surface area contributed by atoms with E-state index in [0.717, 1.165) is 12.1 Å². The largest absolute Gasteiger partial charge is 0.355 e. The minimum Gasteiger partial charge on any atom is -0.355 e. The molecule has 0 spiro atoms. The molecule has 0 aliphatic carbocycles. The second-order valence-corrected chi connectivity index (χ2v) is 3.49. The van der Waals surface area contributed by atoms with Crippen LogP contribution in [0.15, 0.2) is 30.3 Å². The van der Waals surface area contributed by atoms with Gasteiger partial charge in [-0.15, -0.1) is 0 Å². The van der Waals surface area contributed by atoms with E-state index in [4.69, 9.17) is 10.5 Å². The van der Waals surface area contributed by atoms with Gasteiger partial charge in [0.1, 0.15) is 6.04 Å².